The fourth-order valence-electron chi connectivity index (χ4n) is 2.44. The molecule has 124 valence electrons. The highest BCUT2D eigenvalue weighted by Crippen LogP contribution is 2.16. The summed E-state index contributed by atoms with van der Waals surface area (Å²) in [6, 6.07) is 1.91. The summed E-state index contributed by atoms with van der Waals surface area (Å²) in [7, 11) is -3.43. The second kappa shape index (κ2) is 8.14. The first kappa shape index (κ1) is 16.8. The standard InChI is InChI=1S/C13H23N5O3S/c14-13(17-11-4-2-1-3-5-11)15-7-8-16-22(19,20)10-12-6-9-21-18-12/h6,9,11,16H,1-5,7-8,10H2,(H3,14,15,17). The minimum atomic E-state index is -3.43. The lowest BCUT2D eigenvalue weighted by molar-refractivity contribution is 0.412. The van der Waals surface area contributed by atoms with Gasteiger partial charge in [0, 0.05) is 18.7 Å². The van der Waals surface area contributed by atoms with Crippen molar-refractivity contribution in [1.82, 2.24) is 15.2 Å². The number of aliphatic imine (C=N–C) groups is 1. The summed E-state index contributed by atoms with van der Waals surface area (Å²) >= 11 is 0. The van der Waals surface area contributed by atoms with Gasteiger partial charge < -0.3 is 15.6 Å². The van der Waals surface area contributed by atoms with E-state index in [0.29, 0.717) is 24.2 Å². The van der Waals surface area contributed by atoms with Crippen molar-refractivity contribution in [3.05, 3.63) is 18.0 Å². The average molecular weight is 329 g/mol. The maximum atomic E-state index is 11.8. The van der Waals surface area contributed by atoms with E-state index in [-0.39, 0.29) is 12.3 Å². The molecule has 0 bridgehead atoms. The second-order valence-electron chi connectivity index (χ2n) is 5.39. The van der Waals surface area contributed by atoms with E-state index in [9.17, 15) is 8.42 Å². The molecule has 1 aliphatic carbocycles. The smallest absolute Gasteiger partial charge is 0.217 e. The van der Waals surface area contributed by atoms with Crippen LogP contribution < -0.4 is 15.8 Å². The third-order valence-electron chi connectivity index (χ3n) is 3.50. The van der Waals surface area contributed by atoms with Crippen molar-refractivity contribution in [1.29, 1.82) is 0 Å². The Hall–Kier alpha value is -1.61. The van der Waals surface area contributed by atoms with Crippen LogP contribution in [-0.4, -0.2) is 38.7 Å². The van der Waals surface area contributed by atoms with Crippen LogP contribution in [0.25, 0.3) is 0 Å². The summed E-state index contributed by atoms with van der Waals surface area (Å²) in [5.74, 6) is 0.172. The normalized spacial score (nSPS) is 17.5. The number of nitrogens with zero attached hydrogens (tertiary/aromatic N) is 2. The monoisotopic (exact) mass is 329 g/mol. The lowest BCUT2D eigenvalue weighted by Crippen LogP contribution is -2.41. The maximum absolute atomic E-state index is 11.8. The number of guanidine groups is 1. The molecule has 1 saturated carbocycles. The third kappa shape index (κ3) is 6.02. The molecule has 1 fully saturated rings. The Bertz CT molecular complexity index is 565. The van der Waals surface area contributed by atoms with Gasteiger partial charge in [-0.25, -0.2) is 13.1 Å². The van der Waals surface area contributed by atoms with Crippen molar-refractivity contribution in [3.8, 4) is 0 Å². The summed E-state index contributed by atoms with van der Waals surface area (Å²) in [6.45, 7) is 0.497. The number of sulfonamides is 1. The molecule has 9 heteroatoms. The van der Waals surface area contributed by atoms with Gasteiger partial charge in [-0.15, -0.1) is 0 Å². The van der Waals surface area contributed by atoms with E-state index in [1.807, 2.05) is 0 Å². The molecule has 0 spiro atoms. The molecule has 0 unspecified atom stereocenters. The van der Waals surface area contributed by atoms with Gasteiger partial charge >= 0.3 is 0 Å². The topological polar surface area (TPSA) is 123 Å². The predicted octanol–water partition coefficient (Wildman–Crippen LogP) is 0.331. The first-order valence-corrected chi connectivity index (χ1v) is 9.13. The summed E-state index contributed by atoms with van der Waals surface area (Å²) in [5, 5.41) is 6.75. The van der Waals surface area contributed by atoms with Crippen LogP contribution in [0, 0.1) is 0 Å². The van der Waals surface area contributed by atoms with Crippen LogP contribution >= 0.6 is 0 Å². The molecule has 0 saturated heterocycles. The zero-order valence-electron chi connectivity index (χ0n) is 12.5. The van der Waals surface area contributed by atoms with Gasteiger partial charge in [0.2, 0.25) is 10.0 Å². The molecule has 1 aromatic rings. The Labute approximate surface area is 130 Å². The SMILES string of the molecule is NC(=NCCNS(=O)(=O)Cc1ccon1)NC1CCCCC1. The van der Waals surface area contributed by atoms with Crippen LogP contribution in [0.15, 0.2) is 21.8 Å². The highest BCUT2D eigenvalue weighted by molar-refractivity contribution is 7.88. The second-order valence-corrected chi connectivity index (χ2v) is 7.20. The van der Waals surface area contributed by atoms with Crippen molar-refractivity contribution in [2.45, 2.75) is 43.9 Å². The van der Waals surface area contributed by atoms with Crippen molar-refractivity contribution in [3.63, 3.8) is 0 Å². The summed E-state index contributed by atoms with van der Waals surface area (Å²) in [5.41, 5.74) is 6.17. The van der Waals surface area contributed by atoms with Crippen LogP contribution in [-0.2, 0) is 15.8 Å². The Morgan fingerprint density at radius 1 is 1.41 bits per heavy atom. The Morgan fingerprint density at radius 3 is 2.86 bits per heavy atom. The zero-order chi connectivity index (χ0) is 15.8. The highest BCUT2D eigenvalue weighted by atomic mass is 32.2. The predicted molar refractivity (Wildman–Crippen MR) is 83.6 cm³/mol. The van der Waals surface area contributed by atoms with E-state index in [1.54, 1.807) is 0 Å². The van der Waals surface area contributed by atoms with E-state index >= 15 is 0 Å². The largest absolute Gasteiger partial charge is 0.370 e. The molecule has 1 aliphatic rings. The Kier molecular flexibility index (Phi) is 6.20. The maximum Gasteiger partial charge on any atom is 0.217 e. The molecule has 0 aromatic carbocycles. The summed E-state index contributed by atoms with van der Waals surface area (Å²) in [6.07, 6.45) is 7.27. The van der Waals surface area contributed by atoms with E-state index in [1.165, 1.54) is 31.6 Å². The first-order valence-electron chi connectivity index (χ1n) is 7.48. The van der Waals surface area contributed by atoms with E-state index in [0.717, 1.165) is 12.8 Å². The van der Waals surface area contributed by atoms with Gasteiger partial charge in [-0.2, -0.15) is 0 Å². The van der Waals surface area contributed by atoms with E-state index < -0.39 is 10.0 Å². The van der Waals surface area contributed by atoms with Gasteiger partial charge in [0.1, 0.15) is 12.0 Å². The van der Waals surface area contributed by atoms with E-state index in [2.05, 4.69) is 24.7 Å². The fourth-order valence-corrected chi connectivity index (χ4v) is 3.48. The molecule has 8 nitrogen and oxygen atoms in total. The fraction of sp³-hybridized carbons (Fsp3) is 0.692. The molecule has 0 atom stereocenters. The Morgan fingerprint density at radius 2 is 2.18 bits per heavy atom. The highest BCUT2D eigenvalue weighted by Gasteiger charge is 2.14. The van der Waals surface area contributed by atoms with E-state index in [4.69, 9.17) is 5.73 Å². The van der Waals surface area contributed by atoms with Crippen molar-refractivity contribution >= 4 is 16.0 Å². The van der Waals surface area contributed by atoms with Gasteiger partial charge in [0.25, 0.3) is 0 Å². The lowest BCUT2D eigenvalue weighted by Gasteiger charge is -2.23. The first-order chi connectivity index (χ1) is 10.6. The molecular weight excluding hydrogens is 306 g/mol. The molecule has 22 heavy (non-hydrogen) atoms. The number of rotatable bonds is 7. The minimum Gasteiger partial charge on any atom is -0.370 e. The van der Waals surface area contributed by atoms with Crippen LogP contribution in [0.2, 0.25) is 0 Å². The molecular formula is C13H23N5O3S. The average Bonchev–Trinajstić information content (AvgIpc) is 2.97. The molecule has 0 radical (unpaired) electrons. The van der Waals surface area contributed by atoms with Gasteiger partial charge in [-0.05, 0) is 12.8 Å². The van der Waals surface area contributed by atoms with Crippen molar-refractivity contribution in [2.75, 3.05) is 13.1 Å². The quantitative estimate of drug-likeness (QED) is 0.376. The van der Waals surface area contributed by atoms with Crippen molar-refractivity contribution in [2.24, 2.45) is 10.7 Å². The molecule has 4 N–H and O–H groups in total. The van der Waals surface area contributed by atoms with Gasteiger partial charge in [0.15, 0.2) is 5.96 Å². The lowest BCUT2D eigenvalue weighted by atomic mass is 9.96. The van der Waals surface area contributed by atoms with Gasteiger partial charge in [0.05, 0.1) is 12.2 Å². The molecule has 1 aromatic heterocycles. The number of hydrogen-bond acceptors (Lipinski definition) is 5. The molecule has 1 heterocycles. The van der Waals surface area contributed by atoms with Gasteiger partial charge in [-0.1, -0.05) is 24.4 Å². The van der Waals surface area contributed by atoms with Gasteiger partial charge in [-0.3, -0.25) is 4.99 Å². The van der Waals surface area contributed by atoms with Crippen LogP contribution in [0.4, 0.5) is 0 Å². The zero-order valence-corrected chi connectivity index (χ0v) is 13.3. The number of nitrogens with two attached hydrogens (primary N) is 1. The molecule has 0 aliphatic heterocycles. The van der Waals surface area contributed by atoms with Crippen LogP contribution in [0.3, 0.4) is 0 Å². The van der Waals surface area contributed by atoms with Crippen LogP contribution in [0.1, 0.15) is 37.8 Å². The Balaban J connectivity index is 1.67. The molecule has 0 amide bonds. The summed E-state index contributed by atoms with van der Waals surface area (Å²) < 4.78 is 30.6. The molecule has 2 rings (SSSR count). The number of hydrogen-bond donors (Lipinski definition) is 3. The minimum absolute atomic E-state index is 0.202. The van der Waals surface area contributed by atoms with Crippen molar-refractivity contribution < 1.29 is 12.9 Å². The number of nitrogens with one attached hydrogen (secondary N) is 2. The third-order valence-corrected chi connectivity index (χ3v) is 4.82. The number of aromatic nitrogens is 1. The summed E-state index contributed by atoms with van der Waals surface area (Å²) in [4.78, 5) is 4.14. The van der Waals surface area contributed by atoms with Crippen LogP contribution in [0.5, 0.6) is 0 Å².